The van der Waals surface area contributed by atoms with Crippen molar-refractivity contribution in [1.29, 1.82) is 0 Å². The number of nitro groups is 1. The Bertz CT molecular complexity index is 349. The Labute approximate surface area is 87.7 Å². The summed E-state index contributed by atoms with van der Waals surface area (Å²) >= 11 is 0. The normalized spacial score (nSPS) is 26.2. The number of rotatable bonds is 3. The monoisotopic (exact) mass is 213 g/mol. The molecule has 0 spiro atoms. The van der Waals surface area contributed by atoms with Crippen LogP contribution in [-0.2, 0) is 4.74 Å². The van der Waals surface area contributed by atoms with Crippen molar-refractivity contribution >= 4 is 0 Å². The Hall–Kier alpha value is -1.56. The van der Waals surface area contributed by atoms with Crippen LogP contribution in [0.25, 0.3) is 0 Å². The first-order chi connectivity index (χ1) is 6.94. The molecule has 0 amide bonds. The molecular weight excluding hydrogens is 198 g/mol. The van der Waals surface area contributed by atoms with Crippen molar-refractivity contribution in [2.45, 2.75) is 25.3 Å². The van der Waals surface area contributed by atoms with E-state index in [4.69, 9.17) is 16.2 Å². The molecule has 0 radical (unpaired) electrons. The summed E-state index contributed by atoms with van der Waals surface area (Å²) in [4.78, 5) is 10.3. The Morgan fingerprint density at radius 2 is 2.33 bits per heavy atom. The van der Waals surface area contributed by atoms with E-state index in [1.165, 1.54) is 13.2 Å². The lowest BCUT2D eigenvalue weighted by molar-refractivity contribution is -0.435. The largest absolute Gasteiger partial charge is 0.499 e. The average molecular weight is 213 g/mol. The minimum Gasteiger partial charge on any atom is -0.499 e. The lowest BCUT2D eigenvalue weighted by atomic mass is 9.84. The van der Waals surface area contributed by atoms with Gasteiger partial charge in [0, 0.05) is 12.5 Å². The second-order valence-corrected chi connectivity index (χ2v) is 3.56. The molecule has 0 aliphatic heterocycles. The Morgan fingerprint density at radius 3 is 2.73 bits per heavy atom. The number of ether oxygens (including phenoxy) is 1. The molecule has 1 rings (SSSR count). The van der Waals surface area contributed by atoms with Gasteiger partial charge >= 0.3 is 0 Å². The third kappa shape index (κ3) is 1.94. The van der Waals surface area contributed by atoms with Crippen molar-refractivity contribution in [2.75, 3.05) is 7.11 Å². The van der Waals surface area contributed by atoms with E-state index in [0.717, 1.165) is 0 Å². The quantitative estimate of drug-likeness (QED) is 0.524. The summed E-state index contributed by atoms with van der Waals surface area (Å²) in [5, 5.41) is 10.8. The highest BCUT2D eigenvalue weighted by atomic mass is 16.6. The van der Waals surface area contributed by atoms with E-state index in [2.05, 4.69) is 0 Å². The number of methoxy groups -OCH3 is 1. The predicted octanol–water partition coefficient (Wildman–Crippen LogP) is 0.475. The lowest BCUT2D eigenvalue weighted by Crippen LogP contribution is -2.46. The Balaban J connectivity index is 3.19. The van der Waals surface area contributed by atoms with Crippen LogP contribution in [0.5, 0.6) is 0 Å². The zero-order chi connectivity index (χ0) is 11.6. The summed E-state index contributed by atoms with van der Waals surface area (Å²) in [7, 11) is 1.48. The molecule has 15 heavy (non-hydrogen) atoms. The van der Waals surface area contributed by atoms with Crippen molar-refractivity contribution in [3.8, 4) is 0 Å². The topological polar surface area (TPSA) is 104 Å². The minimum absolute atomic E-state index is 0.0525. The summed E-state index contributed by atoms with van der Waals surface area (Å²) in [6.45, 7) is 1.80. The summed E-state index contributed by atoms with van der Waals surface area (Å²) in [6, 6.07) is 0. The molecule has 0 bridgehead atoms. The van der Waals surface area contributed by atoms with E-state index in [-0.39, 0.29) is 17.8 Å². The van der Waals surface area contributed by atoms with Crippen molar-refractivity contribution < 1.29 is 9.66 Å². The van der Waals surface area contributed by atoms with Crippen LogP contribution in [0.15, 0.2) is 23.2 Å². The molecule has 1 unspecified atom stereocenters. The van der Waals surface area contributed by atoms with E-state index in [1.54, 1.807) is 6.92 Å². The first-order valence-electron chi connectivity index (χ1n) is 4.62. The third-order valence-corrected chi connectivity index (χ3v) is 2.67. The van der Waals surface area contributed by atoms with E-state index in [0.29, 0.717) is 12.2 Å². The minimum atomic E-state index is -0.988. The maximum absolute atomic E-state index is 10.8. The molecule has 0 aromatic heterocycles. The van der Waals surface area contributed by atoms with Gasteiger partial charge in [-0.2, -0.15) is 0 Å². The van der Waals surface area contributed by atoms with Gasteiger partial charge in [0.1, 0.15) is 11.3 Å². The highest BCUT2D eigenvalue weighted by Crippen LogP contribution is 2.32. The first kappa shape index (κ1) is 11.5. The molecule has 1 atom stereocenters. The van der Waals surface area contributed by atoms with Crippen molar-refractivity contribution in [2.24, 2.45) is 11.5 Å². The van der Waals surface area contributed by atoms with Gasteiger partial charge in [-0.1, -0.05) is 6.92 Å². The third-order valence-electron chi connectivity index (χ3n) is 2.67. The van der Waals surface area contributed by atoms with Crippen LogP contribution in [0.4, 0.5) is 0 Å². The van der Waals surface area contributed by atoms with Crippen LogP contribution in [0.3, 0.4) is 0 Å². The molecule has 84 valence electrons. The van der Waals surface area contributed by atoms with E-state index in [1.807, 2.05) is 0 Å². The molecular formula is C9H15N3O3. The van der Waals surface area contributed by atoms with Crippen LogP contribution < -0.4 is 11.5 Å². The van der Waals surface area contributed by atoms with Crippen molar-refractivity contribution in [3.05, 3.63) is 33.3 Å². The van der Waals surface area contributed by atoms with Gasteiger partial charge < -0.3 is 16.2 Å². The van der Waals surface area contributed by atoms with Gasteiger partial charge in [-0.25, -0.2) is 0 Å². The number of hydrogen-bond donors (Lipinski definition) is 2. The van der Waals surface area contributed by atoms with Crippen LogP contribution in [0.2, 0.25) is 0 Å². The first-order valence-corrected chi connectivity index (χ1v) is 4.62. The molecule has 4 N–H and O–H groups in total. The van der Waals surface area contributed by atoms with Gasteiger partial charge in [0.2, 0.25) is 0 Å². The summed E-state index contributed by atoms with van der Waals surface area (Å²) < 4.78 is 5.04. The predicted molar refractivity (Wildman–Crippen MR) is 55.1 cm³/mol. The molecule has 0 aromatic rings. The zero-order valence-electron chi connectivity index (χ0n) is 8.82. The van der Waals surface area contributed by atoms with Gasteiger partial charge in [-0.05, 0) is 6.42 Å². The van der Waals surface area contributed by atoms with Crippen molar-refractivity contribution in [1.82, 2.24) is 0 Å². The fourth-order valence-corrected chi connectivity index (χ4v) is 1.58. The highest BCUT2D eigenvalue weighted by molar-refractivity contribution is 5.33. The molecule has 0 saturated carbocycles. The number of hydrogen-bond acceptors (Lipinski definition) is 5. The average Bonchev–Trinajstić information content (AvgIpc) is 2.20. The standard InChI is InChI=1S/C9H15N3O3/c1-3-9(11)5-7(15-2)6(10)4-8(9)12(13)14/h4H,3,5,10-11H2,1-2H3. The van der Waals surface area contributed by atoms with Crippen LogP contribution in [-0.4, -0.2) is 17.6 Å². The molecule has 0 fully saturated rings. The number of nitrogens with zero attached hydrogens (tertiary/aromatic N) is 1. The Kier molecular flexibility index (Phi) is 2.99. The number of allylic oxidation sites excluding steroid dienone is 1. The molecule has 0 heterocycles. The molecule has 0 aromatic carbocycles. The van der Waals surface area contributed by atoms with E-state index in [9.17, 15) is 10.1 Å². The fraction of sp³-hybridized carbons (Fsp3) is 0.556. The van der Waals surface area contributed by atoms with E-state index < -0.39 is 10.5 Å². The Morgan fingerprint density at radius 1 is 1.73 bits per heavy atom. The van der Waals surface area contributed by atoms with Crippen LogP contribution >= 0.6 is 0 Å². The summed E-state index contributed by atoms with van der Waals surface area (Å²) in [5.41, 5.74) is 10.8. The SMILES string of the molecule is CCC1(N)CC(OC)=C(N)C=C1[N+](=O)[O-]. The maximum atomic E-state index is 10.8. The zero-order valence-corrected chi connectivity index (χ0v) is 8.82. The van der Waals surface area contributed by atoms with Crippen molar-refractivity contribution in [3.63, 3.8) is 0 Å². The summed E-state index contributed by atoms with van der Waals surface area (Å²) in [6.07, 6.45) is 2.00. The van der Waals surface area contributed by atoms with Gasteiger partial charge in [-0.15, -0.1) is 0 Å². The molecule has 6 heteroatoms. The second-order valence-electron chi connectivity index (χ2n) is 3.56. The maximum Gasteiger partial charge on any atom is 0.268 e. The highest BCUT2D eigenvalue weighted by Gasteiger charge is 2.41. The molecule has 1 aliphatic rings. The summed E-state index contributed by atoms with van der Waals surface area (Å²) in [5.74, 6) is 0.505. The van der Waals surface area contributed by atoms with E-state index >= 15 is 0 Å². The van der Waals surface area contributed by atoms with Gasteiger partial charge in [0.25, 0.3) is 5.70 Å². The lowest BCUT2D eigenvalue weighted by Gasteiger charge is -2.29. The molecule has 6 nitrogen and oxygen atoms in total. The van der Waals surface area contributed by atoms with Crippen LogP contribution in [0.1, 0.15) is 19.8 Å². The number of nitrogens with two attached hydrogens (primary N) is 2. The smallest absolute Gasteiger partial charge is 0.268 e. The van der Waals surface area contributed by atoms with Gasteiger partial charge in [-0.3, -0.25) is 10.1 Å². The fourth-order valence-electron chi connectivity index (χ4n) is 1.58. The van der Waals surface area contributed by atoms with Gasteiger partial charge in [0.05, 0.1) is 17.7 Å². The molecule has 1 aliphatic carbocycles. The van der Waals surface area contributed by atoms with Crippen LogP contribution in [0, 0.1) is 10.1 Å². The molecule has 0 saturated heterocycles. The van der Waals surface area contributed by atoms with Gasteiger partial charge in [0.15, 0.2) is 0 Å². The second kappa shape index (κ2) is 3.90.